The number of nitrogens with zero attached hydrogens (tertiary/aromatic N) is 1. The van der Waals surface area contributed by atoms with Gasteiger partial charge in [-0.1, -0.05) is 19.9 Å². The van der Waals surface area contributed by atoms with Crippen molar-refractivity contribution in [2.24, 2.45) is 5.92 Å². The second-order valence-electron chi connectivity index (χ2n) is 7.51. The van der Waals surface area contributed by atoms with Crippen LogP contribution in [0.4, 0.5) is 5.69 Å². The summed E-state index contributed by atoms with van der Waals surface area (Å²) in [6, 6.07) is 10.4. The zero-order valence-electron chi connectivity index (χ0n) is 18.0. The molecule has 1 heterocycles. The Morgan fingerprint density at radius 3 is 2.42 bits per heavy atom. The van der Waals surface area contributed by atoms with Gasteiger partial charge in [-0.3, -0.25) is 14.4 Å². The van der Waals surface area contributed by atoms with Crippen molar-refractivity contribution in [1.82, 2.24) is 10.6 Å². The van der Waals surface area contributed by atoms with Crippen molar-refractivity contribution in [2.45, 2.75) is 34.2 Å². The van der Waals surface area contributed by atoms with E-state index in [0.29, 0.717) is 23.8 Å². The molecule has 2 rings (SSSR count). The zero-order chi connectivity index (χ0) is 23.0. The van der Waals surface area contributed by atoms with E-state index in [0.717, 1.165) is 11.1 Å². The number of nitriles is 1. The van der Waals surface area contributed by atoms with Crippen LogP contribution in [0.2, 0.25) is 0 Å². The topological polar surface area (TPSA) is 124 Å². The van der Waals surface area contributed by atoms with Crippen LogP contribution in [0.25, 0.3) is 6.08 Å². The molecule has 0 aliphatic carbocycles. The zero-order valence-corrected chi connectivity index (χ0v) is 18.0. The van der Waals surface area contributed by atoms with E-state index in [9.17, 15) is 19.6 Å². The van der Waals surface area contributed by atoms with Crippen LogP contribution in [0.1, 0.15) is 36.5 Å². The number of nitrogens with one attached hydrogen (secondary N) is 3. The normalized spacial score (nSPS) is 11.0. The van der Waals surface area contributed by atoms with E-state index < -0.39 is 17.7 Å². The maximum absolute atomic E-state index is 12.1. The Labute approximate surface area is 181 Å². The van der Waals surface area contributed by atoms with Gasteiger partial charge in [0, 0.05) is 18.3 Å². The number of rotatable bonds is 7. The Kier molecular flexibility index (Phi) is 8.15. The second-order valence-corrected chi connectivity index (χ2v) is 7.51. The van der Waals surface area contributed by atoms with E-state index in [1.165, 1.54) is 6.08 Å². The highest BCUT2D eigenvalue weighted by Crippen LogP contribution is 2.14. The van der Waals surface area contributed by atoms with Gasteiger partial charge in [-0.2, -0.15) is 5.26 Å². The Morgan fingerprint density at radius 2 is 1.77 bits per heavy atom. The smallest absolute Gasteiger partial charge is 0.313 e. The number of carbonyl (C=O) groups is 3. The van der Waals surface area contributed by atoms with Crippen LogP contribution in [0, 0.1) is 31.1 Å². The van der Waals surface area contributed by atoms with E-state index in [1.54, 1.807) is 24.3 Å². The molecule has 1 aromatic heterocycles. The van der Waals surface area contributed by atoms with Crippen LogP contribution in [0.3, 0.4) is 0 Å². The third-order valence-corrected chi connectivity index (χ3v) is 4.40. The highest BCUT2D eigenvalue weighted by molar-refractivity contribution is 6.39. The van der Waals surface area contributed by atoms with E-state index in [1.807, 2.05) is 39.8 Å². The third-order valence-electron chi connectivity index (χ3n) is 4.40. The molecule has 8 heteroatoms. The average Bonchev–Trinajstić information content (AvgIpc) is 3.18. The highest BCUT2D eigenvalue weighted by atomic mass is 16.3. The van der Waals surface area contributed by atoms with Crippen molar-refractivity contribution in [2.75, 3.05) is 11.9 Å². The first kappa shape index (κ1) is 23.4. The Hall–Kier alpha value is -3.86. The number of hydrogen-bond donors (Lipinski definition) is 3. The number of aryl methyl sites for hydroxylation is 2. The summed E-state index contributed by atoms with van der Waals surface area (Å²) in [6.45, 7) is 8.21. The number of anilines is 1. The van der Waals surface area contributed by atoms with Gasteiger partial charge in [-0.15, -0.1) is 0 Å². The first-order valence-electron chi connectivity index (χ1n) is 9.84. The molecule has 3 N–H and O–H groups in total. The van der Waals surface area contributed by atoms with Crippen LogP contribution >= 0.6 is 0 Å². The van der Waals surface area contributed by atoms with Gasteiger partial charge in [0.15, 0.2) is 0 Å². The second kappa shape index (κ2) is 10.8. The molecule has 0 aliphatic rings. The largest absolute Gasteiger partial charge is 0.460 e. The molecule has 0 aliphatic heterocycles. The minimum Gasteiger partial charge on any atom is -0.460 e. The average molecular weight is 422 g/mol. The van der Waals surface area contributed by atoms with E-state index in [4.69, 9.17) is 4.42 Å². The van der Waals surface area contributed by atoms with Gasteiger partial charge in [-0.25, -0.2) is 0 Å². The first-order chi connectivity index (χ1) is 14.7. The van der Waals surface area contributed by atoms with Gasteiger partial charge in [0.25, 0.3) is 5.91 Å². The fourth-order valence-corrected chi connectivity index (χ4v) is 2.50. The summed E-state index contributed by atoms with van der Waals surface area (Å²) in [7, 11) is 0. The molecule has 0 atom stereocenters. The molecule has 0 unspecified atom stereocenters. The standard InChI is InChI=1S/C23H26N4O4/c1-14(2)12-25-21(28)17(11-24)10-19-7-8-20(31-19)13-26-22(29)23(30)27-18-6-5-15(3)16(4)9-18/h5-10,14H,12-13H2,1-4H3,(H,25,28)(H,26,29)(H,27,30)/b17-10-. The number of benzene rings is 1. The predicted octanol–water partition coefficient (Wildman–Crippen LogP) is 2.83. The molecule has 0 saturated carbocycles. The molecule has 31 heavy (non-hydrogen) atoms. The van der Waals surface area contributed by atoms with E-state index in [2.05, 4.69) is 16.0 Å². The van der Waals surface area contributed by atoms with E-state index >= 15 is 0 Å². The molecule has 1 aromatic carbocycles. The van der Waals surface area contributed by atoms with Crippen molar-refractivity contribution in [3.63, 3.8) is 0 Å². The van der Waals surface area contributed by atoms with Crippen molar-refractivity contribution in [1.29, 1.82) is 5.26 Å². The maximum Gasteiger partial charge on any atom is 0.313 e. The Balaban J connectivity index is 1.92. The monoisotopic (exact) mass is 422 g/mol. The fourth-order valence-electron chi connectivity index (χ4n) is 2.50. The molecule has 2 aromatic rings. The van der Waals surface area contributed by atoms with Gasteiger partial charge in [0.1, 0.15) is 23.2 Å². The summed E-state index contributed by atoms with van der Waals surface area (Å²) in [5, 5.41) is 16.9. The van der Waals surface area contributed by atoms with Crippen molar-refractivity contribution in [3.05, 3.63) is 58.6 Å². The molecule has 0 fully saturated rings. The summed E-state index contributed by atoms with van der Waals surface area (Å²) >= 11 is 0. The Bertz CT molecular complexity index is 1040. The molecule has 0 radical (unpaired) electrons. The van der Waals surface area contributed by atoms with Crippen LogP contribution in [-0.2, 0) is 20.9 Å². The minimum absolute atomic E-state index is 0.0194. The highest BCUT2D eigenvalue weighted by Gasteiger charge is 2.15. The van der Waals surface area contributed by atoms with Crippen molar-refractivity contribution < 1.29 is 18.8 Å². The van der Waals surface area contributed by atoms with Crippen LogP contribution < -0.4 is 16.0 Å². The molecular formula is C23H26N4O4. The summed E-state index contributed by atoms with van der Waals surface area (Å²) in [5.41, 5.74) is 2.54. The molecular weight excluding hydrogens is 396 g/mol. The number of hydrogen-bond acceptors (Lipinski definition) is 5. The first-order valence-corrected chi connectivity index (χ1v) is 9.84. The summed E-state index contributed by atoms with van der Waals surface area (Å²) < 4.78 is 5.52. The number of furan rings is 1. The molecule has 3 amide bonds. The molecule has 162 valence electrons. The summed E-state index contributed by atoms with van der Waals surface area (Å²) in [5.74, 6) is -1.15. The SMILES string of the molecule is Cc1ccc(NC(=O)C(=O)NCc2ccc(/C=C(/C#N)C(=O)NCC(C)C)o2)cc1C. The van der Waals surface area contributed by atoms with Crippen LogP contribution in [-0.4, -0.2) is 24.3 Å². The maximum atomic E-state index is 12.1. The molecule has 0 spiro atoms. The summed E-state index contributed by atoms with van der Waals surface area (Å²) in [4.78, 5) is 36.1. The fraction of sp³-hybridized carbons (Fsp3) is 0.304. The van der Waals surface area contributed by atoms with Gasteiger partial charge in [0.05, 0.1) is 6.54 Å². The number of amides is 3. The Morgan fingerprint density at radius 1 is 1.03 bits per heavy atom. The number of carbonyl (C=O) groups excluding carboxylic acids is 3. The van der Waals surface area contributed by atoms with Gasteiger partial charge in [0.2, 0.25) is 0 Å². The van der Waals surface area contributed by atoms with Crippen LogP contribution in [0.15, 0.2) is 40.3 Å². The predicted molar refractivity (Wildman–Crippen MR) is 117 cm³/mol. The lowest BCUT2D eigenvalue weighted by molar-refractivity contribution is -0.136. The lowest BCUT2D eigenvalue weighted by Crippen LogP contribution is -2.34. The van der Waals surface area contributed by atoms with Gasteiger partial charge < -0.3 is 20.4 Å². The van der Waals surface area contributed by atoms with E-state index in [-0.39, 0.29) is 18.0 Å². The lowest BCUT2D eigenvalue weighted by atomic mass is 10.1. The minimum atomic E-state index is -0.808. The molecule has 8 nitrogen and oxygen atoms in total. The molecule has 0 saturated heterocycles. The summed E-state index contributed by atoms with van der Waals surface area (Å²) in [6.07, 6.45) is 1.33. The van der Waals surface area contributed by atoms with Gasteiger partial charge in [-0.05, 0) is 55.2 Å². The third kappa shape index (κ3) is 7.16. The lowest BCUT2D eigenvalue weighted by Gasteiger charge is -2.07. The van der Waals surface area contributed by atoms with Crippen molar-refractivity contribution >= 4 is 29.5 Å². The van der Waals surface area contributed by atoms with Crippen molar-refractivity contribution in [3.8, 4) is 6.07 Å². The van der Waals surface area contributed by atoms with Crippen LogP contribution in [0.5, 0.6) is 0 Å². The molecule has 0 bridgehead atoms. The van der Waals surface area contributed by atoms with Gasteiger partial charge >= 0.3 is 11.8 Å². The quantitative estimate of drug-likeness (QED) is 0.360.